The number of rotatable bonds is 18. The highest BCUT2D eigenvalue weighted by molar-refractivity contribution is 6.04. The number of anilines is 3. The summed E-state index contributed by atoms with van der Waals surface area (Å²) in [5.74, 6) is 5.64. The van der Waals surface area contributed by atoms with Crippen LogP contribution >= 0.6 is 0 Å². The van der Waals surface area contributed by atoms with Gasteiger partial charge in [-0.3, -0.25) is 4.99 Å². The maximum absolute atomic E-state index is 10.8. The summed E-state index contributed by atoms with van der Waals surface area (Å²) in [6.45, 7) is 24.8. The van der Waals surface area contributed by atoms with Gasteiger partial charge in [0.1, 0.15) is 11.8 Å². The largest absolute Gasteiger partial charge is 0.383 e. The summed E-state index contributed by atoms with van der Waals surface area (Å²) in [7, 11) is 1.71. The molecule has 1 saturated carbocycles. The summed E-state index contributed by atoms with van der Waals surface area (Å²) in [5, 5.41) is 28.0. The Kier molecular flexibility index (Phi) is 17.6. The molecule has 65 heavy (non-hydrogen) atoms. The molecular weight excluding hydrogens is 805 g/mol. The van der Waals surface area contributed by atoms with Crippen LogP contribution in [0.4, 0.5) is 23.1 Å². The highest BCUT2D eigenvalue weighted by Crippen LogP contribution is 2.41. The van der Waals surface area contributed by atoms with Gasteiger partial charge in [-0.05, 0) is 144 Å². The summed E-state index contributed by atoms with van der Waals surface area (Å²) in [5.41, 5.74) is 9.94. The van der Waals surface area contributed by atoms with Crippen LogP contribution in [-0.4, -0.2) is 53.5 Å². The number of ether oxygens (including phenoxy) is 1. The second-order valence-electron chi connectivity index (χ2n) is 20.0. The summed E-state index contributed by atoms with van der Waals surface area (Å²) in [4.78, 5) is 25.6. The molecule has 0 saturated heterocycles. The standard InChI is InChI=1S/C54H78N10O/c1-13-41(35(7)26-40-20-19-32(4)25-40)28-48-50(53(57-38(10)31-65-12)62-54(60-48)61-49-36(8)23-34(6)24-37(49)9)63-64-52-46(29-55)44(15-3)45(39(11)58-52)21-22-47-42(14-2)27-43-18-16-17-33(5)30-56-51(43)59-47/h16,18,23-24,30,32-33,35,38-42,45H,13-15,17,19-22,25-28,31H2,1-12H3,(H2,57,60,61,62)/t32?,33?,35?,38?,39-,40?,41?,42-,45?/m0/s1. The predicted molar refractivity (Wildman–Crippen MR) is 270 cm³/mol. The molecule has 1 aromatic carbocycles. The van der Waals surface area contributed by atoms with Gasteiger partial charge >= 0.3 is 0 Å². The topological polar surface area (TPSA) is 145 Å². The van der Waals surface area contributed by atoms with Crippen LogP contribution in [0.3, 0.4) is 0 Å². The van der Waals surface area contributed by atoms with E-state index in [1.807, 2.05) is 6.21 Å². The summed E-state index contributed by atoms with van der Waals surface area (Å²) in [6, 6.07) is 6.73. The van der Waals surface area contributed by atoms with E-state index < -0.39 is 0 Å². The number of aromatic nitrogens is 2. The van der Waals surface area contributed by atoms with Gasteiger partial charge in [-0.15, -0.1) is 10.2 Å². The molecule has 4 aliphatic rings. The molecule has 0 amide bonds. The minimum absolute atomic E-state index is 0.0745. The first-order valence-corrected chi connectivity index (χ1v) is 24.9. The number of hydrogen-bond donors (Lipinski definition) is 2. The van der Waals surface area contributed by atoms with Crippen molar-refractivity contribution in [3.63, 3.8) is 0 Å². The number of nitriles is 1. The summed E-state index contributed by atoms with van der Waals surface area (Å²) in [6.07, 6.45) is 18.9. The van der Waals surface area contributed by atoms with E-state index in [2.05, 4.69) is 117 Å². The Hall–Kier alpha value is -4.82. The number of dihydropyridines is 1. The average Bonchev–Trinajstić information content (AvgIpc) is 3.68. The fourth-order valence-corrected chi connectivity index (χ4v) is 10.9. The molecule has 1 aromatic heterocycles. The molecule has 3 aliphatic heterocycles. The third-order valence-electron chi connectivity index (χ3n) is 14.6. The van der Waals surface area contributed by atoms with Gasteiger partial charge in [0.25, 0.3) is 0 Å². The van der Waals surface area contributed by atoms with E-state index in [4.69, 9.17) is 39.9 Å². The SMILES string of the molecule is CCC1=C(C#N)C(N=Nc2c(CC(CC)C(C)CC3CCC(C)C3)nc(Nc3c(C)cc(C)cc3C)nc2NC(C)COC)=N[C@@H](C)C1CCC1=NC2=C(C=CCC(C)C=N2)C[C@@H]1CC. The molecule has 9 atom stereocenters. The van der Waals surface area contributed by atoms with Crippen LogP contribution in [-0.2, 0) is 11.2 Å². The van der Waals surface area contributed by atoms with E-state index in [0.717, 1.165) is 97.1 Å². The average molecular weight is 883 g/mol. The number of nitrogens with one attached hydrogen (secondary N) is 2. The van der Waals surface area contributed by atoms with Gasteiger partial charge in [-0.1, -0.05) is 90.7 Å². The first-order valence-electron chi connectivity index (χ1n) is 24.9. The Morgan fingerprint density at radius 1 is 1.02 bits per heavy atom. The number of benzene rings is 1. The number of nitrogens with zero attached hydrogens (tertiary/aromatic N) is 8. The van der Waals surface area contributed by atoms with Crippen LogP contribution < -0.4 is 10.6 Å². The molecule has 0 spiro atoms. The van der Waals surface area contributed by atoms with Crippen LogP contribution in [0.15, 0.2) is 72.0 Å². The second-order valence-corrected chi connectivity index (χ2v) is 20.0. The Balaban J connectivity index is 1.36. The molecule has 0 radical (unpaired) electrons. The van der Waals surface area contributed by atoms with Crippen LogP contribution in [0.1, 0.15) is 148 Å². The molecular formula is C54H78N10O. The minimum Gasteiger partial charge on any atom is -0.383 e. The predicted octanol–water partition coefficient (Wildman–Crippen LogP) is 13.9. The quantitative estimate of drug-likeness (QED) is 0.143. The van der Waals surface area contributed by atoms with E-state index >= 15 is 0 Å². The molecule has 2 N–H and O–H groups in total. The fraction of sp³-hybridized carbons (Fsp3) is 0.630. The first-order chi connectivity index (χ1) is 31.2. The van der Waals surface area contributed by atoms with E-state index in [1.165, 1.54) is 42.5 Å². The summed E-state index contributed by atoms with van der Waals surface area (Å²) < 4.78 is 5.58. The number of amidine groups is 1. The van der Waals surface area contributed by atoms with Gasteiger partial charge in [0, 0.05) is 42.6 Å². The molecule has 7 unspecified atom stereocenters. The monoisotopic (exact) mass is 883 g/mol. The van der Waals surface area contributed by atoms with Crippen LogP contribution in [0.25, 0.3) is 0 Å². The van der Waals surface area contributed by atoms with Crippen molar-refractivity contribution >= 4 is 40.9 Å². The van der Waals surface area contributed by atoms with E-state index in [-0.39, 0.29) is 18.0 Å². The van der Waals surface area contributed by atoms with Crippen molar-refractivity contribution < 1.29 is 4.74 Å². The Morgan fingerprint density at radius 2 is 1.78 bits per heavy atom. The van der Waals surface area contributed by atoms with Crippen LogP contribution in [0.5, 0.6) is 0 Å². The van der Waals surface area contributed by atoms with Crippen molar-refractivity contribution in [2.24, 2.45) is 66.6 Å². The Labute approximate surface area is 391 Å². The number of aliphatic imine (C=N–C) groups is 3. The lowest BCUT2D eigenvalue weighted by molar-refractivity contribution is 0.190. The van der Waals surface area contributed by atoms with E-state index in [9.17, 15) is 5.26 Å². The smallest absolute Gasteiger partial charge is 0.229 e. The highest BCUT2D eigenvalue weighted by Gasteiger charge is 2.33. The summed E-state index contributed by atoms with van der Waals surface area (Å²) >= 11 is 0. The number of allylic oxidation sites excluding steroid dienone is 3. The van der Waals surface area contributed by atoms with Gasteiger partial charge < -0.3 is 15.4 Å². The van der Waals surface area contributed by atoms with Crippen molar-refractivity contribution in [1.82, 2.24) is 9.97 Å². The zero-order valence-electron chi connectivity index (χ0n) is 41.8. The highest BCUT2D eigenvalue weighted by atomic mass is 16.5. The maximum atomic E-state index is 10.8. The lowest BCUT2D eigenvalue weighted by atomic mass is 9.79. The molecule has 11 nitrogen and oxygen atoms in total. The molecule has 350 valence electrons. The molecule has 1 aliphatic carbocycles. The number of aryl methyl sites for hydroxylation is 3. The molecule has 1 fully saturated rings. The Morgan fingerprint density at radius 3 is 2.45 bits per heavy atom. The van der Waals surface area contributed by atoms with Crippen LogP contribution in [0.2, 0.25) is 0 Å². The normalized spacial score (nSPS) is 24.8. The minimum atomic E-state index is -0.0931. The van der Waals surface area contributed by atoms with E-state index in [1.54, 1.807) is 7.11 Å². The van der Waals surface area contributed by atoms with Crippen molar-refractivity contribution in [3.8, 4) is 6.07 Å². The lowest BCUT2D eigenvalue weighted by Crippen LogP contribution is -2.28. The van der Waals surface area contributed by atoms with Crippen molar-refractivity contribution in [2.75, 3.05) is 24.4 Å². The second kappa shape index (κ2) is 23.1. The first kappa shape index (κ1) is 49.6. The molecule has 6 rings (SSSR count). The maximum Gasteiger partial charge on any atom is 0.229 e. The fourth-order valence-electron chi connectivity index (χ4n) is 10.9. The van der Waals surface area contributed by atoms with Crippen molar-refractivity contribution in [2.45, 2.75) is 165 Å². The molecule has 4 heterocycles. The van der Waals surface area contributed by atoms with Gasteiger partial charge in [0.05, 0.1) is 23.9 Å². The van der Waals surface area contributed by atoms with Gasteiger partial charge in [0.2, 0.25) is 5.95 Å². The van der Waals surface area contributed by atoms with Crippen LogP contribution in [0, 0.1) is 73.5 Å². The third kappa shape index (κ3) is 12.5. The van der Waals surface area contributed by atoms with E-state index in [0.29, 0.717) is 59.1 Å². The molecule has 2 aromatic rings. The zero-order valence-corrected chi connectivity index (χ0v) is 41.8. The van der Waals surface area contributed by atoms with Crippen molar-refractivity contribution in [1.29, 1.82) is 5.26 Å². The molecule has 11 heteroatoms. The van der Waals surface area contributed by atoms with Gasteiger partial charge in [-0.25, -0.2) is 15.0 Å². The number of methoxy groups -OCH3 is 1. The van der Waals surface area contributed by atoms with Gasteiger partial charge in [-0.2, -0.15) is 10.2 Å². The lowest BCUT2D eigenvalue weighted by Gasteiger charge is -2.30. The van der Waals surface area contributed by atoms with Gasteiger partial charge in [0.15, 0.2) is 17.5 Å². The number of hydrogen-bond acceptors (Lipinski definition) is 11. The Bertz CT molecular complexity index is 2230. The third-order valence-corrected chi connectivity index (χ3v) is 14.6. The zero-order chi connectivity index (χ0) is 46.8. The number of azo groups is 1. The molecule has 0 bridgehead atoms. The van der Waals surface area contributed by atoms with Crippen molar-refractivity contribution in [3.05, 3.63) is 69.2 Å².